The molecule has 6 heteroatoms. The van der Waals surface area contributed by atoms with Crippen molar-refractivity contribution in [2.24, 2.45) is 0 Å². The Kier molecular flexibility index (Phi) is 6.73. The second kappa shape index (κ2) is 9.86. The molecule has 1 aliphatic heterocycles. The average Bonchev–Trinajstić information content (AvgIpc) is 2.84. The standard InChI is InChI=1S/C27H28FN3O2/c1-19-8-4-5-9-23(19)26(32)29-22-13-10-20(11-14-22)27(33)30(2)25-18-21(28)12-15-24(25)31-16-6-3-7-17-31/h4-5,8-15,18H,3,6-7,16-17H2,1-2H3,(H,29,32). The first kappa shape index (κ1) is 22.5. The Morgan fingerprint density at radius 1 is 0.939 bits per heavy atom. The van der Waals surface area contributed by atoms with Crippen molar-refractivity contribution in [3.63, 3.8) is 0 Å². The first-order valence-corrected chi connectivity index (χ1v) is 11.2. The third kappa shape index (κ3) is 5.06. The van der Waals surface area contributed by atoms with Crippen LogP contribution in [0.1, 0.15) is 45.5 Å². The smallest absolute Gasteiger partial charge is 0.258 e. The minimum absolute atomic E-state index is 0.199. The Morgan fingerprint density at radius 2 is 1.64 bits per heavy atom. The van der Waals surface area contributed by atoms with Crippen LogP contribution in [0.3, 0.4) is 0 Å². The van der Waals surface area contributed by atoms with Crippen LogP contribution >= 0.6 is 0 Å². The number of nitrogens with zero attached hydrogens (tertiary/aromatic N) is 2. The van der Waals surface area contributed by atoms with Gasteiger partial charge in [-0.15, -0.1) is 0 Å². The van der Waals surface area contributed by atoms with Gasteiger partial charge in [-0.1, -0.05) is 18.2 Å². The van der Waals surface area contributed by atoms with Crippen LogP contribution in [0, 0.1) is 12.7 Å². The van der Waals surface area contributed by atoms with Gasteiger partial charge in [-0.3, -0.25) is 9.59 Å². The van der Waals surface area contributed by atoms with Crippen molar-refractivity contribution in [1.82, 2.24) is 0 Å². The Morgan fingerprint density at radius 3 is 2.33 bits per heavy atom. The summed E-state index contributed by atoms with van der Waals surface area (Å²) in [6.45, 7) is 3.68. The summed E-state index contributed by atoms with van der Waals surface area (Å²) >= 11 is 0. The molecule has 0 bridgehead atoms. The summed E-state index contributed by atoms with van der Waals surface area (Å²) in [6.07, 6.45) is 3.36. The molecule has 4 rings (SSSR count). The largest absolute Gasteiger partial charge is 0.370 e. The maximum absolute atomic E-state index is 14.1. The molecule has 0 aliphatic carbocycles. The van der Waals surface area contributed by atoms with E-state index in [1.54, 1.807) is 43.4 Å². The minimum atomic E-state index is -0.375. The van der Waals surface area contributed by atoms with Gasteiger partial charge in [-0.25, -0.2) is 4.39 Å². The van der Waals surface area contributed by atoms with Gasteiger partial charge in [0.25, 0.3) is 11.8 Å². The van der Waals surface area contributed by atoms with Gasteiger partial charge in [0, 0.05) is 37.0 Å². The van der Waals surface area contributed by atoms with Crippen LogP contribution in [0.15, 0.2) is 66.7 Å². The number of nitrogens with one attached hydrogen (secondary N) is 1. The van der Waals surface area contributed by atoms with Crippen LogP contribution in [-0.2, 0) is 0 Å². The summed E-state index contributed by atoms with van der Waals surface area (Å²) in [4.78, 5) is 29.4. The highest BCUT2D eigenvalue weighted by molar-refractivity contribution is 6.08. The van der Waals surface area contributed by atoms with E-state index in [2.05, 4.69) is 10.2 Å². The Bertz CT molecular complexity index is 1150. The molecule has 1 saturated heterocycles. The van der Waals surface area contributed by atoms with Crippen LogP contribution in [0.25, 0.3) is 0 Å². The first-order chi connectivity index (χ1) is 15.9. The van der Waals surface area contributed by atoms with E-state index in [0.29, 0.717) is 22.5 Å². The first-order valence-electron chi connectivity index (χ1n) is 11.2. The molecule has 0 spiro atoms. The number of aryl methyl sites for hydroxylation is 1. The molecule has 3 aromatic rings. The molecule has 0 radical (unpaired) electrons. The number of amides is 2. The zero-order valence-corrected chi connectivity index (χ0v) is 19.0. The summed E-state index contributed by atoms with van der Waals surface area (Å²) in [5.41, 5.74) is 3.98. The van der Waals surface area contributed by atoms with Crippen molar-refractivity contribution in [1.29, 1.82) is 0 Å². The van der Waals surface area contributed by atoms with E-state index in [-0.39, 0.29) is 17.6 Å². The topological polar surface area (TPSA) is 52.7 Å². The number of carbonyl (C=O) groups is 2. The lowest BCUT2D eigenvalue weighted by Crippen LogP contribution is -2.33. The van der Waals surface area contributed by atoms with Crippen LogP contribution in [0.2, 0.25) is 0 Å². The quantitative estimate of drug-likeness (QED) is 0.552. The van der Waals surface area contributed by atoms with Gasteiger partial charge in [-0.2, -0.15) is 0 Å². The highest BCUT2D eigenvalue weighted by Gasteiger charge is 2.21. The number of anilines is 3. The minimum Gasteiger partial charge on any atom is -0.370 e. The molecule has 0 atom stereocenters. The van der Waals surface area contributed by atoms with Gasteiger partial charge in [-0.05, 0) is 80.3 Å². The number of carbonyl (C=O) groups excluding carboxylic acids is 2. The number of benzene rings is 3. The van der Waals surface area contributed by atoms with Gasteiger partial charge in [0.2, 0.25) is 0 Å². The number of hydrogen-bond donors (Lipinski definition) is 1. The zero-order valence-electron chi connectivity index (χ0n) is 19.0. The molecule has 1 heterocycles. The molecule has 1 fully saturated rings. The fourth-order valence-electron chi connectivity index (χ4n) is 4.19. The average molecular weight is 446 g/mol. The third-order valence-corrected chi connectivity index (χ3v) is 6.08. The predicted molar refractivity (Wildman–Crippen MR) is 131 cm³/mol. The van der Waals surface area contributed by atoms with Gasteiger partial charge in [0.15, 0.2) is 0 Å². The van der Waals surface area contributed by atoms with E-state index in [1.807, 2.05) is 25.1 Å². The third-order valence-electron chi connectivity index (χ3n) is 6.08. The van der Waals surface area contributed by atoms with Crippen molar-refractivity contribution in [2.75, 3.05) is 35.3 Å². The van der Waals surface area contributed by atoms with Crippen molar-refractivity contribution < 1.29 is 14.0 Å². The van der Waals surface area contributed by atoms with Crippen LogP contribution in [0.4, 0.5) is 21.5 Å². The molecular weight excluding hydrogens is 417 g/mol. The Hall–Kier alpha value is -3.67. The highest BCUT2D eigenvalue weighted by Crippen LogP contribution is 2.32. The normalized spacial score (nSPS) is 13.5. The lowest BCUT2D eigenvalue weighted by atomic mass is 10.1. The molecule has 0 aromatic heterocycles. The van der Waals surface area contributed by atoms with Crippen molar-refractivity contribution in [2.45, 2.75) is 26.2 Å². The van der Waals surface area contributed by atoms with Crippen LogP contribution < -0.4 is 15.1 Å². The second-order valence-corrected chi connectivity index (χ2v) is 8.39. The van der Waals surface area contributed by atoms with E-state index in [0.717, 1.165) is 37.2 Å². The summed E-state index contributed by atoms with van der Waals surface area (Å²) in [5.74, 6) is -0.814. The molecule has 0 unspecified atom stereocenters. The monoisotopic (exact) mass is 445 g/mol. The molecule has 1 N–H and O–H groups in total. The maximum atomic E-state index is 14.1. The van der Waals surface area contributed by atoms with Gasteiger partial charge in [0.05, 0.1) is 11.4 Å². The molecule has 170 valence electrons. The molecular formula is C27H28FN3O2. The van der Waals surface area contributed by atoms with Crippen molar-refractivity contribution in [3.05, 3.63) is 89.2 Å². The number of hydrogen-bond acceptors (Lipinski definition) is 3. The van der Waals surface area contributed by atoms with E-state index < -0.39 is 0 Å². The fraction of sp³-hybridized carbons (Fsp3) is 0.259. The summed E-state index contributed by atoms with van der Waals surface area (Å²) in [5, 5.41) is 2.87. The Labute approximate surface area is 193 Å². The number of rotatable bonds is 5. The van der Waals surface area contributed by atoms with Gasteiger partial charge >= 0.3 is 0 Å². The van der Waals surface area contributed by atoms with Gasteiger partial charge < -0.3 is 15.1 Å². The molecule has 5 nitrogen and oxygen atoms in total. The number of halogens is 1. The van der Waals surface area contributed by atoms with Crippen LogP contribution in [0.5, 0.6) is 0 Å². The lowest BCUT2D eigenvalue weighted by Gasteiger charge is -2.32. The number of piperidine rings is 1. The maximum Gasteiger partial charge on any atom is 0.258 e. The fourth-order valence-corrected chi connectivity index (χ4v) is 4.19. The van der Waals surface area contributed by atoms with E-state index in [9.17, 15) is 14.0 Å². The summed E-state index contributed by atoms with van der Waals surface area (Å²) in [6, 6.07) is 18.7. The Balaban J connectivity index is 1.51. The SMILES string of the molecule is Cc1ccccc1C(=O)Nc1ccc(C(=O)N(C)c2cc(F)ccc2N2CCCCC2)cc1. The highest BCUT2D eigenvalue weighted by atomic mass is 19.1. The molecule has 2 amide bonds. The van der Waals surface area contributed by atoms with Gasteiger partial charge in [0.1, 0.15) is 5.82 Å². The zero-order chi connectivity index (χ0) is 23.4. The second-order valence-electron chi connectivity index (χ2n) is 8.39. The van der Waals surface area contributed by atoms with E-state index in [1.165, 1.54) is 23.5 Å². The van der Waals surface area contributed by atoms with E-state index >= 15 is 0 Å². The lowest BCUT2D eigenvalue weighted by molar-refractivity contribution is 0.0991. The predicted octanol–water partition coefficient (Wildman–Crippen LogP) is 5.65. The van der Waals surface area contributed by atoms with Crippen LogP contribution in [-0.4, -0.2) is 32.0 Å². The molecule has 33 heavy (non-hydrogen) atoms. The molecule has 3 aromatic carbocycles. The summed E-state index contributed by atoms with van der Waals surface area (Å²) < 4.78 is 14.1. The van der Waals surface area contributed by atoms with E-state index in [4.69, 9.17) is 0 Å². The molecule has 1 aliphatic rings. The van der Waals surface area contributed by atoms with Crippen molar-refractivity contribution in [3.8, 4) is 0 Å². The molecule has 0 saturated carbocycles. The summed E-state index contributed by atoms with van der Waals surface area (Å²) in [7, 11) is 1.67. The van der Waals surface area contributed by atoms with Crippen molar-refractivity contribution >= 4 is 28.9 Å².